The zero-order valence-corrected chi connectivity index (χ0v) is 15.1. The van der Waals surface area contributed by atoms with Gasteiger partial charge in [-0.05, 0) is 38.5 Å². The van der Waals surface area contributed by atoms with Gasteiger partial charge in [-0.25, -0.2) is 4.98 Å². The van der Waals surface area contributed by atoms with Crippen LogP contribution in [0.25, 0.3) is 5.52 Å². The maximum Gasteiger partial charge on any atom is 0.287 e. The van der Waals surface area contributed by atoms with Gasteiger partial charge in [0.1, 0.15) is 0 Å². The minimum Gasteiger partial charge on any atom is -0.348 e. The molecule has 134 valence electrons. The van der Waals surface area contributed by atoms with Crippen molar-refractivity contribution < 1.29 is 9.59 Å². The van der Waals surface area contributed by atoms with Gasteiger partial charge in [-0.3, -0.25) is 14.0 Å². The van der Waals surface area contributed by atoms with Crippen molar-refractivity contribution in [3.05, 3.63) is 71.3 Å². The molecule has 0 atom stereocenters. The summed E-state index contributed by atoms with van der Waals surface area (Å²) in [7, 11) is 0. The first-order valence-corrected chi connectivity index (χ1v) is 8.57. The Morgan fingerprint density at radius 1 is 1.12 bits per heavy atom. The number of carbonyl (C=O) groups excluding carboxylic acids is 2. The summed E-state index contributed by atoms with van der Waals surface area (Å²) in [6.45, 7) is 6.17. The molecule has 0 radical (unpaired) electrons. The van der Waals surface area contributed by atoms with Crippen LogP contribution in [0.5, 0.6) is 0 Å². The topological polar surface area (TPSA) is 75.5 Å². The van der Waals surface area contributed by atoms with Gasteiger partial charge in [-0.2, -0.15) is 0 Å². The normalized spacial score (nSPS) is 10.9. The molecule has 3 rings (SSSR count). The molecular formula is C20H22N4O2. The number of nitrogens with one attached hydrogen (secondary N) is 2. The van der Waals surface area contributed by atoms with Gasteiger partial charge in [0.25, 0.3) is 11.8 Å². The average Bonchev–Trinajstić information content (AvgIpc) is 2.99. The predicted octanol–water partition coefficient (Wildman–Crippen LogP) is 2.71. The number of benzene rings is 1. The van der Waals surface area contributed by atoms with Crippen molar-refractivity contribution in [2.24, 2.45) is 0 Å². The molecule has 0 saturated carbocycles. The maximum atomic E-state index is 12.6. The van der Waals surface area contributed by atoms with E-state index in [-0.39, 0.29) is 29.4 Å². The SMILES string of the molecule is Cc1cccc(CNC(=O)c2nc(C(=O)NC(C)C)c3ccccn23)c1. The van der Waals surface area contributed by atoms with Crippen molar-refractivity contribution in [1.82, 2.24) is 20.0 Å². The van der Waals surface area contributed by atoms with Crippen LogP contribution in [0.1, 0.15) is 46.1 Å². The largest absolute Gasteiger partial charge is 0.348 e. The number of hydrogen-bond donors (Lipinski definition) is 2. The van der Waals surface area contributed by atoms with E-state index in [0.717, 1.165) is 11.1 Å². The van der Waals surface area contributed by atoms with Gasteiger partial charge in [0.2, 0.25) is 5.82 Å². The van der Waals surface area contributed by atoms with E-state index in [1.54, 1.807) is 22.7 Å². The standard InChI is InChI=1S/C20H22N4O2/c1-13(2)22-19(25)17-16-9-4-5-10-24(16)18(23-17)20(26)21-12-15-8-6-7-14(3)11-15/h4-11,13H,12H2,1-3H3,(H,21,26)(H,22,25). The fourth-order valence-electron chi connectivity index (χ4n) is 2.78. The van der Waals surface area contributed by atoms with Gasteiger partial charge in [-0.15, -0.1) is 0 Å². The van der Waals surface area contributed by atoms with Crippen molar-refractivity contribution in [1.29, 1.82) is 0 Å². The third kappa shape index (κ3) is 3.74. The minimum absolute atomic E-state index is 0.0124. The Morgan fingerprint density at radius 2 is 1.92 bits per heavy atom. The number of fused-ring (bicyclic) bond motifs is 1. The molecule has 3 aromatic rings. The number of amides is 2. The summed E-state index contributed by atoms with van der Waals surface area (Å²) < 4.78 is 1.64. The van der Waals surface area contributed by atoms with E-state index in [4.69, 9.17) is 0 Å². The summed E-state index contributed by atoms with van der Waals surface area (Å²) in [6, 6.07) is 13.3. The van der Waals surface area contributed by atoms with Crippen LogP contribution in [0.4, 0.5) is 0 Å². The predicted molar refractivity (Wildman–Crippen MR) is 100 cm³/mol. The van der Waals surface area contributed by atoms with Crippen molar-refractivity contribution in [3.8, 4) is 0 Å². The molecule has 0 bridgehead atoms. The highest BCUT2D eigenvalue weighted by atomic mass is 16.2. The Bertz CT molecular complexity index is 959. The number of pyridine rings is 1. The molecule has 6 nitrogen and oxygen atoms in total. The van der Waals surface area contributed by atoms with Crippen LogP contribution in [0.3, 0.4) is 0 Å². The number of nitrogens with zero attached hydrogens (tertiary/aromatic N) is 2. The first-order valence-electron chi connectivity index (χ1n) is 8.57. The van der Waals surface area contributed by atoms with Gasteiger partial charge in [-0.1, -0.05) is 35.9 Å². The summed E-state index contributed by atoms with van der Waals surface area (Å²) >= 11 is 0. The minimum atomic E-state index is -0.323. The smallest absolute Gasteiger partial charge is 0.287 e. The average molecular weight is 350 g/mol. The quantitative estimate of drug-likeness (QED) is 0.743. The maximum absolute atomic E-state index is 12.6. The van der Waals surface area contributed by atoms with E-state index in [2.05, 4.69) is 15.6 Å². The Labute approximate surface area is 152 Å². The summed E-state index contributed by atoms with van der Waals surface area (Å²) in [4.78, 5) is 29.4. The molecule has 2 heterocycles. The molecule has 0 aliphatic carbocycles. The molecular weight excluding hydrogens is 328 g/mol. The van der Waals surface area contributed by atoms with Crippen molar-refractivity contribution in [3.63, 3.8) is 0 Å². The second kappa shape index (κ2) is 7.39. The van der Waals surface area contributed by atoms with Crippen LogP contribution in [0.15, 0.2) is 48.7 Å². The lowest BCUT2D eigenvalue weighted by atomic mass is 10.1. The molecule has 2 amide bonds. The molecule has 0 fully saturated rings. The van der Waals surface area contributed by atoms with E-state index in [0.29, 0.717) is 12.1 Å². The fourth-order valence-corrected chi connectivity index (χ4v) is 2.78. The van der Waals surface area contributed by atoms with Crippen LogP contribution in [-0.4, -0.2) is 27.2 Å². The first-order chi connectivity index (χ1) is 12.5. The van der Waals surface area contributed by atoms with Gasteiger partial charge >= 0.3 is 0 Å². The van der Waals surface area contributed by atoms with Crippen molar-refractivity contribution >= 4 is 17.3 Å². The van der Waals surface area contributed by atoms with Gasteiger partial charge in [0, 0.05) is 18.8 Å². The molecule has 0 saturated heterocycles. The monoisotopic (exact) mass is 350 g/mol. The molecule has 0 aliphatic heterocycles. The van der Waals surface area contributed by atoms with Crippen LogP contribution >= 0.6 is 0 Å². The zero-order chi connectivity index (χ0) is 18.7. The van der Waals surface area contributed by atoms with Crippen LogP contribution in [0, 0.1) is 6.92 Å². The number of aryl methyl sites for hydroxylation is 1. The second-order valence-corrected chi connectivity index (χ2v) is 6.54. The number of imidazole rings is 1. The number of carbonyl (C=O) groups is 2. The first kappa shape index (κ1) is 17.7. The van der Waals surface area contributed by atoms with Gasteiger partial charge in [0.15, 0.2) is 5.69 Å². The van der Waals surface area contributed by atoms with Crippen molar-refractivity contribution in [2.75, 3.05) is 0 Å². The summed E-state index contributed by atoms with van der Waals surface area (Å²) in [5, 5.41) is 5.69. The Balaban J connectivity index is 1.87. The summed E-state index contributed by atoms with van der Waals surface area (Å²) in [6.07, 6.45) is 1.73. The van der Waals surface area contributed by atoms with E-state index in [9.17, 15) is 9.59 Å². The van der Waals surface area contributed by atoms with Crippen LogP contribution in [-0.2, 0) is 6.54 Å². The van der Waals surface area contributed by atoms with Crippen LogP contribution in [0.2, 0.25) is 0 Å². The molecule has 2 N–H and O–H groups in total. The molecule has 0 aliphatic rings. The summed E-state index contributed by atoms with van der Waals surface area (Å²) in [5.41, 5.74) is 3.00. The highest BCUT2D eigenvalue weighted by Gasteiger charge is 2.21. The molecule has 1 aromatic carbocycles. The lowest BCUT2D eigenvalue weighted by molar-refractivity contribution is 0.0939. The Hall–Kier alpha value is -3.15. The van der Waals surface area contributed by atoms with Gasteiger partial charge in [0.05, 0.1) is 5.52 Å². The molecule has 6 heteroatoms. The zero-order valence-electron chi connectivity index (χ0n) is 15.1. The highest BCUT2D eigenvalue weighted by Crippen LogP contribution is 2.14. The molecule has 0 unspecified atom stereocenters. The number of aromatic nitrogens is 2. The number of rotatable bonds is 5. The Morgan fingerprint density at radius 3 is 2.65 bits per heavy atom. The van der Waals surface area contributed by atoms with Crippen molar-refractivity contribution in [2.45, 2.75) is 33.4 Å². The Kier molecular flexibility index (Phi) is 5.02. The molecule has 26 heavy (non-hydrogen) atoms. The second-order valence-electron chi connectivity index (χ2n) is 6.54. The highest BCUT2D eigenvalue weighted by molar-refractivity contribution is 6.02. The van der Waals surface area contributed by atoms with E-state index in [1.165, 1.54) is 0 Å². The third-order valence-corrected chi connectivity index (χ3v) is 3.92. The summed E-state index contributed by atoms with van der Waals surface area (Å²) in [5.74, 6) is -0.417. The van der Waals surface area contributed by atoms with Gasteiger partial charge < -0.3 is 10.6 Å². The lowest BCUT2D eigenvalue weighted by Crippen LogP contribution is -2.30. The van der Waals surface area contributed by atoms with Crippen LogP contribution < -0.4 is 10.6 Å². The van der Waals surface area contributed by atoms with E-state index < -0.39 is 0 Å². The fraction of sp³-hybridized carbons (Fsp3) is 0.250. The van der Waals surface area contributed by atoms with E-state index >= 15 is 0 Å². The third-order valence-electron chi connectivity index (χ3n) is 3.92. The molecule has 0 spiro atoms. The molecule has 2 aromatic heterocycles. The lowest BCUT2D eigenvalue weighted by Gasteiger charge is -2.06. The number of hydrogen-bond acceptors (Lipinski definition) is 3. The van der Waals surface area contributed by atoms with E-state index in [1.807, 2.05) is 51.1 Å².